The zero-order valence-corrected chi connectivity index (χ0v) is 13.2. The largest absolute Gasteiger partial charge is 0.289 e. The molecule has 0 aliphatic carbocycles. The van der Waals surface area contributed by atoms with E-state index in [4.69, 9.17) is 0 Å². The molecular weight excluding hydrogens is 287 g/mol. The second-order valence-corrected chi connectivity index (χ2v) is 6.58. The average Bonchev–Trinajstić information content (AvgIpc) is 2.56. The van der Waals surface area contributed by atoms with Gasteiger partial charge in [0.2, 0.25) is 5.95 Å². The summed E-state index contributed by atoms with van der Waals surface area (Å²) in [5, 5.41) is 0. The fraction of sp³-hybridized carbons (Fsp3) is 0.350. The molecule has 2 nitrogen and oxygen atoms in total. The molecule has 0 spiro atoms. The zero-order chi connectivity index (χ0) is 15.6. The normalized spacial score (nSPS) is 24.3. The van der Waals surface area contributed by atoms with Gasteiger partial charge in [-0.2, -0.15) is 4.39 Å². The Balaban J connectivity index is 1.59. The number of rotatable bonds is 3. The maximum atomic E-state index is 13.1. The van der Waals surface area contributed by atoms with Crippen LogP contribution in [0.1, 0.15) is 36.8 Å². The van der Waals surface area contributed by atoms with E-state index in [1.807, 2.05) is 6.07 Å². The summed E-state index contributed by atoms with van der Waals surface area (Å²) in [6.07, 6.45) is 8.84. The monoisotopic (exact) mass is 308 g/mol. The quantitative estimate of drug-likeness (QED) is 0.780. The predicted octanol–water partition coefficient (Wildman–Crippen LogP) is 4.43. The number of fused-ring (bicyclic) bond motifs is 2. The first-order chi connectivity index (χ1) is 11.3. The number of piperidine rings is 1. The standard InChI is InChI=1S/C20H21FN2/c21-20-10-9-16(13-22-20)17-11-18-7-4-8-19(12-17)23(18)14-15-5-2-1-3-6-15/h1-3,5-6,9-11,13,18-19H,4,7-8,12,14H2. The second kappa shape index (κ2) is 6.25. The minimum atomic E-state index is -0.406. The van der Waals surface area contributed by atoms with Crippen LogP contribution in [0, 0.1) is 5.95 Å². The Morgan fingerprint density at radius 2 is 1.96 bits per heavy atom. The molecule has 2 aliphatic heterocycles. The van der Waals surface area contributed by atoms with Gasteiger partial charge in [-0.05, 0) is 48.1 Å². The lowest BCUT2D eigenvalue weighted by molar-refractivity contribution is 0.0951. The molecule has 0 saturated carbocycles. The number of pyridine rings is 1. The van der Waals surface area contributed by atoms with Crippen LogP contribution in [0.2, 0.25) is 0 Å². The topological polar surface area (TPSA) is 16.1 Å². The Kier molecular flexibility index (Phi) is 3.96. The first-order valence-electron chi connectivity index (χ1n) is 8.42. The van der Waals surface area contributed by atoms with Crippen LogP contribution in [0.5, 0.6) is 0 Å². The highest BCUT2D eigenvalue weighted by atomic mass is 19.1. The number of halogens is 1. The minimum Gasteiger partial charge on any atom is -0.289 e. The maximum Gasteiger partial charge on any atom is 0.212 e. The van der Waals surface area contributed by atoms with E-state index in [2.05, 4.69) is 46.3 Å². The average molecular weight is 308 g/mol. The Morgan fingerprint density at radius 3 is 2.70 bits per heavy atom. The molecule has 1 aromatic heterocycles. The third-order valence-electron chi connectivity index (χ3n) is 5.09. The van der Waals surface area contributed by atoms with Crippen LogP contribution < -0.4 is 0 Å². The van der Waals surface area contributed by atoms with Gasteiger partial charge >= 0.3 is 0 Å². The zero-order valence-electron chi connectivity index (χ0n) is 13.2. The van der Waals surface area contributed by atoms with Gasteiger partial charge in [-0.15, -0.1) is 0 Å². The summed E-state index contributed by atoms with van der Waals surface area (Å²) in [5.41, 5.74) is 3.78. The number of nitrogens with zero attached hydrogens (tertiary/aromatic N) is 2. The van der Waals surface area contributed by atoms with Crippen LogP contribution >= 0.6 is 0 Å². The van der Waals surface area contributed by atoms with E-state index < -0.39 is 5.95 Å². The Bertz CT molecular complexity index is 693. The van der Waals surface area contributed by atoms with E-state index in [9.17, 15) is 4.39 Å². The molecule has 2 atom stereocenters. The van der Waals surface area contributed by atoms with Crippen molar-refractivity contribution in [2.45, 2.75) is 44.3 Å². The molecule has 3 heterocycles. The number of aromatic nitrogens is 1. The molecule has 2 unspecified atom stereocenters. The molecular formula is C20H21FN2. The lowest BCUT2D eigenvalue weighted by Crippen LogP contribution is -2.47. The van der Waals surface area contributed by atoms with E-state index >= 15 is 0 Å². The summed E-state index contributed by atoms with van der Waals surface area (Å²) < 4.78 is 13.1. The Morgan fingerprint density at radius 1 is 1.09 bits per heavy atom. The van der Waals surface area contributed by atoms with Gasteiger partial charge in [0.25, 0.3) is 0 Å². The van der Waals surface area contributed by atoms with Gasteiger partial charge < -0.3 is 0 Å². The summed E-state index contributed by atoms with van der Waals surface area (Å²) in [7, 11) is 0. The predicted molar refractivity (Wildman–Crippen MR) is 90.2 cm³/mol. The van der Waals surface area contributed by atoms with Crippen molar-refractivity contribution in [1.82, 2.24) is 9.88 Å². The van der Waals surface area contributed by atoms with E-state index in [1.165, 1.54) is 36.5 Å². The summed E-state index contributed by atoms with van der Waals surface area (Å²) in [6.45, 7) is 1.02. The van der Waals surface area contributed by atoms with Crippen LogP contribution in [-0.2, 0) is 6.54 Å². The van der Waals surface area contributed by atoms with Crippen LogP contribution in [0.15, 0.2) is 54.7 Å². The minimum absolute atomic E-state index is 0.406. The van der Waals surface area contributed by atoms with E-state index in [1.54, 1.807) is 6.20 Å². The summed E-state index contributed by atoms with van der Waals surface area (Å²) in [4.78, 5) is 6.45. The number of hydrogen-bond acceptors (Lipinski definition) is 2. The van der Waals surface area contributed by atoms with Crippen LogP contribution in [0.25, 0.3) is 5.57 Å². The number of benzene rings is 1. The highest BCUT2D eigenvalue weighted by Gasteiger charge is 2.34. The third-order valence-corrected chi connectivity index (χ3v) is 5.09. The van der Waals surface area contributed by atoms with Crippen molar-refractivity contribution in [3.05, 3.63) is 71.8 Å². The fourth-order valence-electron chi connectivity index (χ4n) is 3.94. The first-order valence-corrected chi connectivity index (χ1v) is 8.42. The van der Waals surface area contributed by atoms with Gasteiger partial charge in [-0.1, -0.05) is 42.8 Å². The van der Waals surface area contributed by atoms with Gasteiger partial charge in [0.1, 0.15) is 0 Å². The van der Waals surface area contributed by atoms with Crippen LogP contribution in [-0.4, -0.2) is 22.0 Å². The highest BCUT2D eigenvalue weighted by Crippen LogP contribution is 2.37. The Hall–Kier alpha value is -2.00. The Labute approximate surface area is 136 Å². The molecule has 3 heteroatoms. The van der Waals surface area contributed by atoms with Crippen molar-refractivity contribution in [3.63, 3.8) is 0 Å². The molecule has 4 rings (SSSR count). The smallest absolute Gasteiger partial charge is 0.212 e. The van der Waals surface area contributed by atoms with E-state index in [0.717, 1.165) is 18.5 Å². The van der Waals surface area contributed by atoms with E-state index in [0.29, 0.717) is 12.1 Å². The van der Waals surface area contributed by atoms with Gasteiger partial charge in [0.15, 0.2) is 0 Å². The van der Waals surface area contributed by atoms with Gasteiger partial charge in [0.05, 0.1) is 0 Å². The van der Waals surface area contributed by atoms with Crippen molar-refractivity contribution in [1.29, 1.82) is 0 Å². The van der Waals surface area contributed by atoms with E-state index in [-0.39, 0.29) is 0 Å². The van der Waals surface area contributed by atoms with Crippen molar-refractivity contribution < 1.29 is 4.39 Å². The molecule has 2 aliphatic rings. The molecule has 0 radical (unpaired) electrons. The van der Waals surface area contributed by atoms with Crippen LogP contribution in [0.4, 0.5) is 4.39 Å². The molecule has 0 N–H and O–H groups in total. The molecule has 2 aromatic rings. The van der Waals surface area contributed by atoms with Gasteiger partial charge in [-0.3, -0.25) is 4.90 Å². The first kappa shape index (κ1) is 14.6. The lowest BCUT2D eigenvalue weighted by atomic mass is 9.83. The molecule has 1 aromatic carbocycles. The van der Waals surface area contributed by atoms with Crippen molar-refractivity contribution >= 4 is 5.57 Å². The van der Waals surface area contributed by atoms with Gasteiger partial charge in [0, 0.05) is 24.8 Å². The molecule has 1 saturated heterocycles. The molecule has 23 heavy (non-hydrogen) atoms. The highest BCUT2D eigenvalue weighted by molar-refractivity contribution is 5.67. The number of hydrogen-bond donors (Lipinski definition) is 0. The summed E-state index contributed by atoms with van der Waals surface area (Å²) >= 11 is 0. The van der Waals surface area contributed by atoms with Gasteiger partial charge in [-0.25, -0.2) is 4.98 Å². The molecule has 2 bridgehead atoms. The lowest BCUT2D eigenvalue weighted by Gasteiger charge is -2.45. The SMILES string of the molecule is Fc1ccc(C2=CC3CCCC(C2)N3Cc2ccccc2)cn1. The fourth-order valence-corrected chi connectivity index (χ4v) is 3.94. The van der Waals surface area contributed by atoms with Crippen LogP contribution in [0.3, 0.4) is 0 Å². The summed E-state index contributed by atoms with van der Waals surface area (Å²) in [6, 6.07) is 15.1. The third kappa shape index (κ3) is 3.06. The van der Waals surface area contributed by atoms with Crippen molar-refractivity contribution in [3.8, 4) is 0 Å². The maximum absolute atomic E-state index is 13.1. The molecule has 1 fully saturated rings. The molecule has 0 amide bonds. The second-order valence-electron chi connectivity index (χ2n) is 6.58. The molecule has 118 valence electrons. The summed E-state index contributed by atoms with van der Waals surface area (Å²) in [5.74, 6) is -0.406. The van der Waals surface area contributed by atoms with Crippen molar-refractivity contribution in [2.24, 2.45) is 0 Å². The van der Waals surface area contributed by atoms with Crippen molar-refractivity contribution in [2.75, 3.05) is 0 Å².